The number of halogens is 2. The van der Waals surface area contributed by atoms with Crippen LogP contribution in [0.1, 0.15) is 50.7 Å². The van der Waals surface area contributed by atoms with Crippen molar-refractivity contribution in [2.75, 3.05) is 6.61 Å². The molecule has 0 N–H and O–H groups in total. The first-order valence-electron chi connectivity index (χ1n) is 13.6. The van der Waals surface area contributed by atoms with Crippen molar-refractivity contribution in [1.82, 2.24) is 4.90 Å². The first-order valence-corrected chi connectivity index (χ1v) is 15.2. The molecule has 0 aromatic heterocycles. The summed E-state index contributed by atoms with van der Waals surface area (Å²) in [5.74, 6) is 1.67. The molecule has 5 rings (SSSR count). The smallest absolute Gasteiger partial charge is 0.267 e. The van der Waals surface area contributed by atoms with E-state index >= 15 is 0 Å². The lowest BCUT2D eigenvalue weighted by Crippen LogP contribution is -2.44. The van der Waals surface area contributed by atoms with Gasteiger partial charge in [-0.2, -0.15) is 0 Å². The Hall–Kier alpha value is -2.93. The Bertz CT molecular complexity index is 1430. The Kier molecular flexibility index (Phi) is 9.40. The molecule has 208 valence electrons. The van der Waals surface area contributed by atoms with Crippen molar-refractivity contribution in [1.29, 1.82) is 0 Å². The minimum Gasteiger partial charge on any atom is -0.490 e. The van der Waals surface area contributed by atoms with E-state index < -0.39 is 0 Å². The summed E-state index contributed by atoms with van der Waals surface area (Å²) in [4.78, 5) is 21.3. The maximum atomic E-state index is 13.8. The predicted molar refractivity (Wildman–Crippen MR) is 166 cm³/mol. The van der Waals surface area contributed by atoms with Gasteiger partial charge in [-0.3, -0.25) is 9.69 Å². The van der Waals surface area contributed by atoms with Crippen LogP contribution in [0.25, 0.3) is 6.08 Å². The molecule has 2 fully saturated rings. The lowest BCUT2D eigenvalue weighted by molar-refractivity contribution is -0.124. The largest absolute Gasteiger partial charge is 0.490 e. The van der Waals surface area contributed by atoms with E-state index in [1.54, 1.807) is 12.1 Å². The molecule has 1 aliphatic carbocycles. The first-order chi connectivity index (χ1) is 19.4. The molecule has 0 radical (unpaired) electrons. The number of hydrogen-bond donors (Lipinski definition) is 0. The number of hydrogen-bond acceptors (Lipinski definition) is 5. The molecule has 0 bridgehead atoms. The van der Waals surface area contributed by atoms with Crippen molar-refractivity contribution in [2.45, 2.75) is 52.2 Å². The van der Waals surface area contributed by atoms with Crippen LogP contribution in [-0.4, -0.2) is 28.6 Å². The number of carbonyl (C=O) groups is 1. The number of amides is 1. The van der Waals surface area contributed by atoms with Crippen molar-refractivity contribution >= 4 is 57.8 Å². The monoisotopic (exact) mass is 594 g/mol. The van der Waals surface area contributed by atoms with Crippen molar-refractivity contribution in [3.8, 4) is 11.5 Å². The summed E-state index contributed by atoms with van der Waals surface area (Å²) in [6.07, 6.45) is 6.38. The van der Waals surface area contributed by atoms with Gasteiger partial charge in [0.15, 0.2) is 16.7 Å². The Morgan fingerprint density at radius 3 is 2.52 bits per heavy atom. The summed E-state index contributed by atoms with van der Waals surface area (Å²) in [7, 11) is 0. The number of aliphatic imine (C=N–C) groups is 1. The average Bonchev–Trinajstić information content (AvgIpc) is 3.25. The third kappa shape index (κ3) is 6.68. The van der Waals surface area contributed by atoms with E-state index in [-0.39, 0.29) is 11.9 Å². The molecule has 1 saturated carbocycles. The molecule has 40 heavy (non-hydrogen) atoms. The molecule has 3 aromatic rings. The van der Waals surface area contributed by atoms with Crippen LogP contribution in [0.2, 0.25) is 10.0 Å². The van der Waals surface area contributed by atoms with Crippen LogP contribution in [0.4, 0.5) is 5.69 Å². The molecule has 1 aliphatic heterocycles. The van der Waals surface area contributed by atoms with Gasteiger partial charge in [0.2, 0.25) is 0 Å². The Labute approximate surface area is 250 Å². The van der Waals surface area contributed by atoms with Crippen molar-refractivity contribution < 1.29 is 14.3 Å². The van der Waals surface area contributed by atoms with Crippen LogP contribution in [0.15, 0.2) is 76.6 Å². The highest BCUT2D eigenvalue weighted by Gasteiger charge is 2.41. The minimum atomic E-state index is 0.0105. The van der Waals surface area contributed by atoms with Gasteiger partial charge in [0.25, 0.3) is 5.91 Å². The molecular weight excluding hydrogens is 563 g/mol. The number of amidine groups is 1. The average molecular weight is 596 g/mol. The lowest BCUT2D eigenvalue weighted by Gasteiger charge is -2.35. The van der Waals surface area contributed by atoms with Crippen LogP contribution in [-0.2, 0) is 11.4 Å². The first kappa shape index (κ1) is 28.6. The standard InChI is InChI=1S/C32H32Cl2N2O3S/c1-3-38-29-18-22(14-16-28(29)39-20-23-13-15-25(33)26(34)17-23)19-30-31(37)36(27-12-8-7-9-21(27)2)32(40-30)35-24-10-5-4-6-11-24/h4-6,10-11,13-19,21,27H,3,7-9,12,20H2,1-2H3/b30-19-,35-32?/t21-,27+/m0/s1. The Morgan fingerprint density at radius 2 is 1.77 bits per heavy atom. The van der Waals surface area contributed by atoms with E-state index in [1.165, 1.54) is 18.2 Å². The highest BCUT2D eigenvalue weighted by atomic mass is 35.5. The number of para-hydroxylation sites is 1. The molecule has 1 amide bonds. The number of carbonyl (C=O) groups excluding carboxylic acids is 1. The molecule has 1 heterocycles. The predicted octanol–water partition coefficient (Wildman–Crippen LogP) is 9.15. The van der Waals surface area contributed by atoms with E-state index in [0.29, 0.717) is 45.6 Å². The summed E-state index contributed by atoms with van der Waals surface area (Å²) in [5, 5.41) is 1.73. The fourth-order valence-corrected chi connectivity index (χ4v) is 6.46. The zero-order chi connectivity index (χ0) is 28.1. The van der Waals surface area contributed by atoms with Crippen LogP contribution < -0.4 is 9.47 Å². The summed E-state index contributed by atoms with van der Waals surface area (Å²) in [6, 6.07) is 21.1. The fraction of sp³-hybridized carbons (Fsp3) is 0.312. The highest BCUT2D eigenvalue weighted by Crippen LogP contribution is 2.41. The summed E-state index contributed by atoms with van der Waals surface area (Å²) in [6.45, 7) is 4.98. The van der Waals surface area contributed by atoms with Gasteiger partial charge in [-0.1, -0.05) is 73.3 Å². The van der Waals surface area contributed by atoms with Crippen LogP contribution in [0, 0.1) is 5.92 Å². The van der Waals surface area contributed by atoms with E-state index in [9.17, 15) is 4.79 Å². The number of rotatable bonds is 8. The Balaban J connectivity index is 1.41. The van der Waals surface area contributed by atoms with Gasteiger partial charge in [-0.15, -0.1) is 0 Å². The van der Waals surface area contributed by atoms with Crippen molar-refractivity contribution in [3.05, 3.63) is 92.8 Å². The van der Waals surface area contributed by atoms with Gasteiger partial charge in [0, 0.05) is 6.04 Å². The highest BCUT2D eigenvalue weighted by molar-refractivity contribution is 8.18. The number of thioether (sulfide) groups is 1. The second kappa shape index (κ2) is 13.2. The van der Waals surface area contributed by atoms with E-state index in [0.717, 1.165) is 41.2 Å². The second-order valence-corrected chi connectivity index (χ2v) is 11.8. The van der Waals surface area contributed by atoms with E-state index in [1.807, 2.05) is 72.5 Å². The third-order valence-electron chi connectivity index (χ3n) is 7.16. The number of nitrogens with zero attached hydrogens (tertiary/aromatic N) is 2. The molecule has 5 nitrogen and oxygen atoms in total. The van der Waals surface area contributed by atoms with Crippen LogP contribution in [0.5, 0.6) is 11.5 Å². The number of benzene rings is 3. The topological polar surface area (TPSA) is 51.1 Å². The summed E-state index contributed by atoms with van der Waals surface area (Å²) in [5.41, 5.74) is 2.60. The molecule has 1 saturated heterocycles. The van der Waals surface area contributed by atoms with Gasteiger partial charge in [-0.25, -0.2) is 4.99 Å². The normalized spacial score (nSPS) is 21.3. The van der Waals surface area contributed by atoms with Gasteiger partial charge in [0.05, 0.1) is 27.2 Å². The van der Waals surface area contributed by atoms with Crippen molar-refractivity contribution in [2.24, 2.45) is 10.9 Å². The second-order valence-electron chi connectivity index (χ2n) is 10.0. The zero-order valence-electron chi connectivity index (χ0n) is 22.6. The minimum absolute atomic E-state index is 0.0105. The van der Waals surface area contributed by atoms with Gasteiger partial charge in [-0.05, 0) is 91.0 Å². The maximum Gasteiger partial charge on any atom is 0.267 e. The van der Waals surface area contributed by atoms with Crippen molar-refractivity contribution in [3.63, 3.8) is 0 Å². The third-order valence-corrected chi connectivity index (χ3v) is 8.88. The summed E-state index contributed by atoms with van der Waals surface area (Å²) < 4.78 is 12.0. The fourth-order valence-electron chi connectivity index (χ4n) is 5.09. The van der Waals surface area contributed by atoms with Crippen LogP contribution >= 0.6 is 35.0 Å². The summed E-state index contributed by atoms with van der Waals surface area (Å²) >= 11 is 13.6. The van der Waals surface area contributed by atoms with E-state index in [2.05, 4.69) is 6.92 Å². The van der Waals surface area contributed by atoms with Gasteiger partial charge in [0.1, 0.15) is 6.61 Å². The Morgan fingerprint density at radius 1 is 0.975 bits per heavy atom. The molecule has 0 spiro atoms. The SMILES string of the molecule is CCOc1cc(/C=C2\SC(=Nc3ccccc3)N([C@@H]3CCCC[C@@H]3C)C2=O)ccc1OCc1ccc(Cl)c(Cl)c1. The molecule has 2 aliphatic rings. The molecular formula is C32H32Cl2N2O3S. The van der Waals surface area contributed by atoms with Crippen LogP contribution in [0.3, 0.4) is 0 Å². The van der Waals surface area contributed by atoms with E-state index in [4.69, 9.17) is 37.7 Å². The zero-order valence-corrected chi connectivity index (χ0v) is 24.9. The van der Waals surface area contributed by atoms with Gasteiger partial charge < -0.3 is 9.47 Å². The quantitative estimate of drug-likeness (QED) is 0.244. The molecule has 3 aromatic carbocycles. The molecule has 0 unspecified atom stereocenters. The lowest BCUT2D eigenvalue weighted by atomic mass is 9.85. The maximum absolute atomic E-state index is 13.8. The molecule has 8 heteroatoms. The number of ether oxygens (including phenoxy) is 2. The van der Waals surface area contributed by atoms with Gasteiger partial charge >= 0.3 is 0 Å². The molecule has 2 atom stereocenters.